The highest BCUT2D eigenvalue weighted by Crippen LogP contribution is 2.59. The number of nitrogens with one attached hydrogen (secondary N) is 1. The molecule has 0 aromatic rings. The van der Waals surface area contributed by atoms with Crippen molar-refractivity contribution in [2.75, 3.05) is 26.2 Å². The molecule has 1 heterocycles. The normalized spacial score (nSPS) is 23.9. The van der Waals surface area contributed by atoms with E-state index in [9.17, 15) is 14.4 Å². The van der Waals surface area contributed by atoms with Gasteiger partial charge in [-0.2, -0.15) is 0 Å². The van der Waals surface area contributed by atoms with Crippen LogP contribution >= 0.6 is 0 Å². The van der Waals surface area contributed by atoms with Crippen molar-refractivity contribution in [1.82, 2.24) is 10.2 Å². The number of nitrogens with zero attached hydrogens (tertiary/aromatic N) is 1. The zero-order valence-electron chi connectivity index (χ0n) is 10.9. The van der Waals surface area contributed by atoms with Crippen LogP contribution in [0.4, 0.5) is 0 Å². The minimum atomic E-state index is -0.630. The van der Waals surface area contributed by atoms with Gasteiger partial charge in [0.15, 0.2) is 0 Å². The summed E-state index contributed by atoms with van der Waals surface area (Å²) < 4.78 is 0. The number of carbonyl (C=O) groups excluding carboxylic acids is 3. The molecule has 19 heavy (non-hydrogen) atoms. The van der Waals surface area contributed by atoms with Gasteiger partial charge in [0.2, 0.25) is 17.7 Å². The Morgan fingerprint density at radius 3 is 2.11 bits per heavy atom. The number of nitrogens with two attached hydrogens (primary N) is 2. The number of carbonyl (C=O) groups is 3. The number of hydrogen-bond acceptors (Lipinski definition) is 4. The summed E-state index contributed by atoms with van der Waals surface area (Å²) in [6.07, 6.45) is 2.76. The van der Waals surface area contributed by atoms with E-state index in [-0.39, 0.29) is 30.3 Å². The fourth-order valence-electron chi connectivity index (χ4n) is 2.98. The molecule has 2 fully saturated rings. The summed E-state index contributed by atoms with van der Waals surface area (Å²) >= 11 is 0. The zero-order chi connectivity index (χ0) is 14.0. The van der Waals surface area contributed by atoms with Gasteiger partial charge in [-0.25, -0.2) is 0 Å². The van der Waals surface area contributed by atoms with Crippen LogP contribution in [0.5, 0.6) is 0 Å². The van der Waals surface area contributed by atoms with Gasteiger partial charge in [-0.3, -0.25) is 14.4 Å². The van der Waals surface area contributed by atoms with Gasteiger partial charge < -0.3 is 21.7 Å². The van der Waals surface area contributed by atoms with E-state index in [1.54, 1.807) is 0 Å². The number of amides is 3. The summed E-state index contributed by atoms with van der Waals surface area (Å²) in [5, 5.41) is 3.26. The van der Waals surface area contributed by atoms with Crippen molar-refractivity contribution in [3.63, 3.8) is 0 Å². The maximum atomic E-state index is 12.3. The third-order valence-corrected chi connectivity index (χ3v) is 4.09. The van der Waals surface area contributed by atoms with Crippen LogP contribution in [-0.2, 0) is 14.4 Å². The molecule has 1 saturated carbocycles. The molecule has 1 aliphatic carbocycles. The van der Waals surface area contributed by atoms with Crippen LogP contribution in [0.3, 0.4) is 0 Å². The van der Waals surface area contributed by atoms with Gasteiger partial charge in [-0.05, 0) is 37.8 Å². The molecule has 1 spiro atoms. The molecule has 0 aromatic heterocycles. The van der Waals surface area contributed by atoms with Crippen molar-refractivity contribution in [3.05, 3.63) is 0 Å². The van der Waals surface area contributed by atoms with Crippen LogP contribution in [0, 0.1) is 11.3 Å². The lowest BCUT2D eigenvalue weighted by molar-refractivity contribution is -0.139. The number of primary amides is 2. The number of piperidine rings is 1. The van der Waals surface area contributed by atoms with E-state index in [0.717, 1.165) is 32.4 Å². The minimum absolute atomic E-state index is 0.0654. The molecular formula is C12H20N4O3. The van der Waals surface area contributed by atoms with E-state index in [1.165, 1.54) is 4.90 Å². The Bertz CT molecular complexity index is 388. The fraction of sp³-hybridized carbons (Fsp3) is 0.750. The first kappa shape index (κ1) is 13.8. The van der Waals surface area contributed by atoms with Crippen LogP contribution in [0.2, 0.25) is 0 Å². The maximum Gasteiger partial charge on any atom is 0.237 e. The molecule has 0 bridgehead atoms. The Kier molecular flexibility index (Phi) is 3.75. The van der Waals surface area contributed by atoms with Crippen LogP contribution in [0.15, 0.2) is 0 Å². The molecule has 0 radical (unpaired) electrons. The second-order valence-electron chi connectivity index (χ2n) is 5.50. The van der Waals surface area contributed by atoms with Gasteiger partial charge in [0.25, 0.3) is 0 Å². The van der Waals surface area contributed by atoms with E-state index in [1.807, 2.05) is 0 Å². The third kappa shape index (κ3) is 3.04. The van der Waals surface area contributed by atoms with Crippen molar-refractivity contribution < 1.29 is 14.4 Å². The van der Waals surface area contributed by atoms with Crippen LogP contribution in [-0.4, -0.2) is 48.8 Å². The van der Waals surface area contributed by atoms with E-state index in [0.29, 0.717) is 0 Å². The Morgan fingerprint density at radius 1 is 1.11 bits per heavy atom. The molecule has 5 N–H and O–H groups in total. The average Bonchev–Trinajstić information content (AvgIpc) is 3.01. The first-order valence-corrected chi connectivity index (χ1v) is 6.51. The predicted molar refractivity (Wildman–Crippen MR) is 67.6 cm³/mol. The summed E-state index contributed by atoms with van der Waals surface area (Å²) in [4.78, 5) is 35.5. The van der Waals surface area contributed by atoms with Crippen molar-refractivity contribution >= 4 is 17.7 Å². The zero-order valence-corrected chi connectivity index (χ0v) is 10.9. The quantitative estimate of drug-likeness (QED) is 0.543. The van der Waals surface area contributed by atoms with Gasteiger partial charge in [0.05, 0.1) is 13.1 Å². The molecule has 1 atom stereocenters. The minimum Gasteiger partial charge on any atom is -0.368 e. The smallest absolute Gasteiger partial charge is 0.237 e. The standard InChI is InChI=1S/C12H20N4O3/c13-9(17)6-16(7-10(14)18)11(19)8-5-12(8)1-3-15-4-2-12/h8,15H,1-7H2,(H2,13,17)(H2,14,18). The van der Waals surface area contributed by atoms with Crippen molar-refractivity contribution in [1.29, 1.82) is 0 Å². The lowest BCUT2D eigenvalue weighted by Crippen LogP contribution is -2.45. The third-order valence-electron chi connectivity index (χ3n) is 4.09. The monoisotopic (exact) mass is 268 g/mol. The van der Waals surface area contributed by atoms with Crippen molar-refractivity contribution in [3.8, 4) is 0 Å². The topological polar surface area (TPSA) is 119 Å². The first-order chi connectivity index (χ1) is 8.94. The van der Waals surface area contributed by atoms with E-state index in [2.05, 4.69) is 5.32 Å². The van der Waals surface area contributed by atoms with Gasteiger partial charge in [-0.1, -0.05) is 0 Å². The Balaban J connectivity index is 1.99. The average molecular weight is 268 g/mol. The van der Waals surface area contributed by atoms with Gasteiger partial charge in [-0.15, -0.1) is 0 Å². The second-order valence-corrected chi connectivity index (χ2v) is 5.50. The SMILES string of the molecule is NC(=O)CN(CC(N)=O)C(=O)C1CC12CCNCC2. The van der Waals surface area contributed by atoms with E-state index in [4.69, 9.17) is 11.5 Å². The predicted octanol–water partition coefficient (Wildman–Crippen LogP) is -1.82. The molecule has 0 aromatic carbocycles. The number of hydrogen-bond donors (Lipinski definition) is 3. The van der Waals surface area contributed by atoms with Gasteiger partial charge in [0, 0.05) is 5.92 Å². The second kappa shape index (κ2) is 5.16. The van der Waals surface area contributed by atoms with Crippen molar-refractivity contribution in [2.24, 2.45) is 22.8 Å². The molecular weight excluding hydrogens is 248 g/mol. The van der Waals surface area contributed by atoms with Crippen LogP contribution < -0.4 is 16.8 Å². The first-order valence-electron chi connectivity index (χ1n) is 6.51. The highest BCUT2D eigenvalue weighted by atomic mass is 16.2. The molecule has 3 amide bonds. The summed E-state index contributed by atoms with van der Waals surface area (Å²) in [5.41, 5.74) is 10.3. The molecule has 1 aliphatic heterocycles. The highest BCUT2D eigenvalue weighted by Gasteiger charge is 2.58. The molecule has 106 valence electrons. The largest absolute Gasteiger partial charge is 0.368 e. The van der Waals surface area contributed by atoms with E-state index >= 15 is 0 Å². The molecule has 2 aliphatic rings. The van der Waals surface area contributed by atoms with Gasteiger partial charge >= 0.3 is 0 Å². The summed E-state index contributed by atoms with van der Waals surface area (Å²) in [5.74, 6) is -1.52. The highest BCUT2D eigenvalue weighted by molar-refractivity contribution is 5.90. The summed E-state index contributed by atoms with van der Waals surface area (Å²) in [7, 11) is 0. The van der Waals surface area contributed by atoms with Crippen molar-refractivity contribution in [2.45, 2.75) is 19.3 Å². The number of rotatable bonds is 5. The summed E-state index contributed by atoms with van der Waals surface area (Å²) in [6.45, 7) is 1.34. The molecule has 7 heteroatoms. The Hall–Kier alpha value is -1.63. The molecule has 1 saturated heterocycles. The lowest BCUT2D eigenvalue weighted by Gasteiger charge is -2.25. The van der Waals surface area contributed by atoms with Gasteiger partial charge in [0.1, 0.15) is 0 Å². The Morgan fingerprint density at radius 2 is 1.63 bits per heavy atom. The van der Waals surface area contributed by atoms with Crippen LogP contribution in [0.25, 0.3) is 0 Å². The summed E-state index contributed by atoms with van der Waals surface area (Å²) in [6, 6.07) is 0. The molecule has 2 rings (SSSR count). The van der Waals surface area contributed by atoms with E-state index < -0.39 is 11.8 Å². The lowest BCUT2D eigenvalue weighted by atomic mass is 9.91. The fourth-order valence-corrected chi connectivity index (χ4v) is 2.98. The molecule has 7 nitrogen and oxygen atoms in total. The van der Waals surface area contributed by atoms with Crippen LogP contribution in [0.1, 0.15) is 19.3 Å². The molecule has 1 unspecified atom stereocenters. The maximum absolute atomic E-state index is 12.3. The Labute approximate surface area is 111 Å².